The summed E-state index contributed by atoms with van der Waals surface area (Å²) in [5, 5.41) is 11.2. The van der Waals surface area contributed by atoms with Crippen LogP contribution < -0.4 is 5.32 Å². The van der Waals surface area contributed by atoms with E-state index in [-0.39, 0.29) is 6.04 Å². The van der Waals surface area contributed by atoms with Crippen LogP contribution in [0.3, 0.4) is 0 Å². The first-order valence-corrected chi connectivity index (χ1v) is 4.49. The molecule has 0 heterocycles. The number of carbonyl (C=O) groups excluding carboxylic acids is 1. The number of carboxylic acids is 1. The van der Waals surface area contributed by atoms with Crippen molar-refractivity contribution >= 4 is 11.9 Å². The summed E-state index contributed by atoms with van der Waals surface area (Å²) in [6.07, 6.45) is 6.22. The molecule has 2 unspecified atom stereocenters. The van der Waals surface area contributed by atoms with E-state index in [9.17, 15) is 9.59 Å². The average molecular weight is 197 g/mol. The Balaban J connectivity index is 4.16. The molecule has 0 aliphatic carbocycles. The molecule has 0 saturated heterocycles. The monoisotopic (exact) mass is 197 g/mol. The largest absolute Gasteiger partial charge is 0.481 e. The van der Waals surface area contributed by atoms with E-state index in [1.165, 1.54) is 6.92 Å². The van der Waals surface area contributed by atoms with Gasteiger partial charge in [0.15, 0.2) is 0 Å². The van der Waals surface area contributed by atoms with Gasteiger partial charge >= 0.3 is 5.97 Å². The van der Waals surface area contributed by atoms with Gasteiger partial charge in [-0.25, -0.2) is 0 Å². The van der Waals surface area contributed by atoms with E-state index in [2.05, 4.69) is 11.2 Å². The molecular formula is C10H15NO3. The van der Waals surface area contributed by atoms with Crippen LogP contribution in [0.4, 0.5) is 0 Å². The number of carbonyl (C=O) groups is 2. The molecule has 0 saturated carbocycles. The number of nitrogens with one attached hydrogen (secondary N) is 1. The predicted molar refractivity (Wildman–Crippen MR) is 52.5 cm³/mol. The highest BCUT2D eigenvalue weighted by Gasteiger charge is 2.21. The molecular weight excluding hydrogens is 182 g/mol. The molecule has 1 amide bonds. The number of aliphatic carboxylic acids is 1. The highest BCUT2D eigenvalue weighted by atomic mass is 16.4. The fourth-order valence-corrected chi connectivity index (χ4v) is 0.878. The summed E-state index contributed by atoms with van der Waals surface area (Å²) < 4.78 is 0. The highest BCUT2D eigenvalue weighted by molar-refractivity contribution is 5.96. The molecule has 4 heteroatoms. The Morgan fingerprint density at radius 2 is 2.14 bits per heavy atom. The van der Waals surface area contributed by atoms with Gasteiger partial charge < -0.3 is 10.4 Å². The summed E-state index contributed by atoms with van der Waals surface area (Å²) in [7, 11) is 0. The summed E-state index contributed by atoms with van der Waals surface area (Å²) in [6.45, 7) is 3.23. The second-order valence-corrected chi connectivity index (χ2v) is 3.08. The minimum Gasteiger partial charge on any atom is -0.481 e. The number of carboxylic acid groups (broad SMARTS) is 1. The molecule has 78 valence electrons. The summed E-state index contributed by atoms with van der Waals surface area (Å²) in [6, 6.07) is -0.130. The molecule has 14 heavy (non-hydrogen) atoms. The van der Waals surface area contributed by atoms with Gasteiger partial charge in [0.05, 0.1) is 0 Å². The molecule has 0 aliphatic heterocycles. The number of hydrogen-bond donors (Lipinski definition) is 2. The normalized spacial score (nSPS) is 13.8. The average Bonchev–Trinajstić information content (AvgIpc) is 2.15. The van der Waals surface area contributed by atoms with Crippen molar-refractivity contribution in [3.63, 3.8) is 0 Å². The third kappa shape index (κ3) is 3.94. The SMILES string of the molecule is C#CCC(CC)NC(=O)C(C)C(=O)O. The molecule has 0 rings (SSSR count). The van der Waals surface area contributed by atoms with Crippen molar-refractivity contribution in [3.8, 4) is 12.3 Å². The number of amides is 1. The van der Waals surface area contributed by atoms with E-state index < -0.39 is 17.8 Å². The maximum absolute atomic E-state index is 11.3. The second-order valence-electron chi connectivity index (χ2n) is 3.08. The number of terminal acetylenes is 1. The van der Waals surface area contributed by atoms with Gasteiger partial charge in [0.2, 0.25) is 5.91 Å². The molecule has 0 aromatic heterocycles. The Bertz CT molecular complexity index is 255. The van der Waals surface area contributed by atoms with E-state index in [1.54, 1.807) is 0 Å². The molecule has 0 aromatic carbocycles. The van der Waals surface area contributed by atoms with Crippen molar-refractivity contribution < 1.29 is 14.7 Å². The van der Waals surface area contributed by atoms with E-state index in [4.69, 9.17) is 11.5 Å². The topological polar surface area (TPSA) is 66.4 Å². The molecule has 0 aromatic rings. The maximum Gasteiger partial charge on any atom is 0.315 e. The molecule has 0 radical (unpaired) electrons. The van der Waals surface area contributed by atoms with Gasteiger partial charge in [0.25, 0.3) is 0 Å². The van der Waals surface area contributed by atoms with Crippen molar-refractivity contribution in [3.05, 3.63) is 0 Å². The predicted octanol–water partition coefficient (Wildman–Crippen LogP) is 0.625. The Morgan fingerprint density at radius 1 is 1.57 bits per heavy atom. The Morgan fingerprint density at radius 3 is 2.50 bits per heavy atom. The molecule has 2 atom stereocenters. The van der Waals surface area contributed by atoms with Gasteiger partial charge in [-0.15, -0.1) is 12.3 Å². The fourth-order valence-electron chi connectivity index (χ4n) is 0.878. The van der Waals surface area contributed by atoms with E-state index in [0.717, 1.165) is 0 Å². The first-order chi connectivity index (χ1) is 6.52. The van der Waals surface area contributed by atoms with E-state index in [0.29, 0.717) is 12.8 Å². The lowest BCUT2D eigenvalue weighted by atomic mass is 10.1. The lowest BCUT2D eigenvalue weighted by Gasteiger charge is -2.15. The Kier molecular flexibility index (Phi) is 5.38. The minimum atomic E-state index is -1.13. The van der Waals surface area contributed by atoms with Crippen LogP contribution in [-0.2, 0) is 9.59 Å². The smallest absolute Gasteiger partial charge is 0.315 e. The zero-order valence-corrected chi connectivity index (χ0v) is 8.41. The highest BCUT2D eigenvalue weighted by Crippen LogP contribution is 2.00. The summed E-state index contributed by atoms with van der Waals surface area (Å²) in [5.41, 5.74) is 0. The van der Waals surface area contributed by atoms with Crippen LogP contribution in [0, 0.1) is 18.3 Å². The van der Waals surface area contributed by atoms with Crippen molar-refractivity contribution in [2.45, 2.75) is 32.7 Å². The quantitative estimate of drug-likeness (QED) is 0.501. The lowest BCUT2D eigenvalue weighted by molar-refractivity contribution is -0.146. The summed E-state index contributed by atoms with van der Waals surface area (Å²) >= 11 is 0. The van der Waals surface area contributed by atoms with Crippen molar-refractivity contribution in [1.29, 1.82) is 0 Å². The van der Waals surface area contributed by atoms with Crippen LogP contribution in [0.5, 0.6) is 0 Å². The Labute approximate surface area is 83.7 Å². The summed E-state index contributed by atoms with van der Waals surface area (Å²) in [4.78, 5) is 21.7. The molecule has 0 bridgehead atoms. The third-order valence-electron chi connectivity index (χ3n) is 1.97. The fraction of sp³-hybridized carbons (Fsp3) is 0.600. The van der Waals surface area contributed by atoms with E-state index >= 15 is 0 Å². The maximum atomic E-state index is 11.3. The summed E-state index contributed by atoms with van der Waals surface area (Å²) in [5.74, 6) is -0.209. The van der Waals surface area contributed by atoms with Gasteiger partial charge in [-0.05, 0) is 13.3 Å². The number of hydrogen-bond acceptors (Lipinski definition) is 2. The Hall–Kier alpha value is -1.50. The molecule has 2 N–H and O–H groups in total. The number of rotatable bonds is 5. The van der Waals surface area contributed by atoms with Crippen LogP contribution in [0.1, 0.15) is 26.7 Å². The van der Waals surface area contributed by atoms with Crippen LogP contribution in [0.2, 0.25) is 0 Å². The first-order valence-electron chi connectivity index (χ1n) is 4.49. The molecule has 0 spiro atoms. The van der Waals surface area contributed by atoms with Gasteiger partial charge in [-0.1, -0.05) is 6.92 Å². The standard InChI is InChI=1S/C10H15NO3/c1-4-6-8(5-2)11-9(12)7(3)10(13)14/h1,7-8H,5-6H2,2-3H3,(H,11,12)(H,13,14). The van der Waals surface area contributed by atoms with Crippen molar-refractivity contribution in [2.24, 2.45) is 5.92 Å². The molecule has 0 aliphatic rings. The van der Waals surface area contributed by atoms with Gasteiger partial charge in [-0.3, -0.25) is 9.59 Å². The zero-order chi connectivity index (χ0) is 11.1. The van der Waals surface area contributed by atoms with Crippen LogP contribution in [0.25, 0.3) is 0 Å². The minimum absolute atomic E-state index is 0.130. The van der Waals surface area contributed by atoms with Gasteiger partial charge in [-0.2, -0.15) is 0 Å². The van der Waals surface area contributed by atoms with Gasteiger partial charge in [0.1, 0.15) is 5.92 Å². The van der Waals surface area contributed by atoms with Crippen LogP contribution in [0.15, 0.2) is 0 Å². The zero-order valence-electron chi connectivity index (χ0n) is 8.41. The van der Waals surface area contributed by atoms with E-state index in [1.807, 2.05) is 6.92 Å². The second kappa shape index (κ2) is 6.03. The van der Waals surface area contributed by atoms with Crippen LogP contribution in [-0.4, -0.2) is 23.0 Å². The third-order valence-corrected chi connectivity index (χ3v) is 1.97. The van der Waals surface area contributed by atoms with Crippen molar-refractivity contribution in [1.82, 2.24) is 5.32 Å². The molecule has 4 nitrogen and oxygen atoms in total. The van der Waals surface area contributed by atoms with Gasteiger partial charge in [0, 0.05) is 12.5 Å². The van der Waals surface area contributed by atoms with Crippen molar-refractivity contribution in [2.75, 3.05) is 0 Å². The molecule has 0 fully saturated rings. The lowest BCUT2D eigenvalue weighted by Crippen LogP contribution is -2.40. The first kappa shape index (κ1) is 12.5. The van der Waals surface area contributed by atoms with Crippen LogP contribution >= 0.6 is 0 Å².